The SMILES string of the molecule is COc1ccc(C(N)c2ccnn2C)cc1Br. The lowest BCUT2D eigenvalue weighted by Crippen LogP contribution is -2.15. The second kappa shape index (κ2) is 4.89. The molecule has 4 nitrogen and oxygen atoms in total. The quantitative estimate of drug-likeness (QED) is 0.945. The zero-order chi connectivity index (χ0) is 12.4. The predicted molar refractivity (Wildman–Crippen MR) is 69.9 cm³/mol. The molecule has 90 valence electrons. The van der Waals surface area contributed by atoms with Crippen LogP contribution in [-0.4, -0.2) is 16.9 Å². The standard InChI is InChI=1S/C12H14BrN3O/c1-16-10(5-6-15-16)12(14)8-3-4-11(17-2)9(13)7-8/h3-7,12H,14H2,1-2H3. The number of nitrogens with two attached hydrogens (primary N) is 1. The van der Waals surface area contributed by atoms with Gasteiger partial charge in [0.15, 0.2) is 0 Å². The first kappa shape index (κ1) is 12.1. The molecule has 0 aliphatic heterocycles. The molecule has 0 saturated carbocycles. The highest BCUT2D eigenvalue weighted by molar-refractivity contribution is 9.10. The van der Waals surface area contributed by atoms with E-state index in [1.807, 2.05) is 31.3 Å². The van der Waals surface area contributed by atoms with Gasteiger partial charge in [-0.3, -0.25) is 4.68 Å². The van der Waals surface area contributed by atoms with Gasteiger partial charge in [0.1, 0.15) is 5.75 Å². The van der Waals surface area contributed by atoms with Crippen molar-refractivity contribution < 1.29 is 4.74 Å². The third kappa shape index (κ3) is 2.35. The zero-order valence-corrected chi connectivity index (χ0v) is 11.3. The van der Waals surface area contributed by atoms with Crippen molar-refractivity contribution in [2.45, 2.75) is 6.04 Å². The summed E-state index contributed by atoms with van der Waals surface area (Å²) in [5.41, 5.74) is 8.19. The summed E-state index contributed by atoms with van der Waals surface area (Å²) >= 11 is 3.45. The summed E-state index contributed by atoms with van der Waals surface area (Å²) < 4.78 is 7.87. The van der Waals surface area contributed by atoms with Crippen molar-refractivity contribution in [2.75, 3.05) is 7.11 Å². The van der Waals surface area contributed by atoms with E-state index in [4.69, 9.17) is 10.5 Å². The van der Waals surface area contributed by atoms with Gasteiger partial charge >= 0.3 is 0 Å². The van der Waals surface area contributed by atoms with Gasteiger partial charge in [-0.15, -0.1) is 0 Å². The molecule has 2 N–H and O–H groups in total. The van der Waals surface area contributed by atoms with Crippen LogP contribution in [0.1, 0.15) is 17.3 Å². The molecule has 0 radical (unpaired) electrons. The number of methoxy groups -OCH3 is 1. The van der Waals surface area contributed by atoms with Crippen LogP contribution in [0.15, 0.2) is 34.9 Å². The Kier molecular flexibility index (Phi) is 3.49. The maximum absolute atomic E-state index is 6.20. The van der Waals surface area contributed by atoms with E-state index < -0.39 is 0 Å². The number of benzene rings is 1. The van der Waals surface area contributed by atoms with Crippen LogP contribution in [0.3, 0.4) is 0 Å². The molecule has 2 rings (SSSR count). The molecular weight excluding hydrogens is 282 g/mol. The maximum Gasteiger partial charge on any atom is 0.133 e. The molecule has 2 aromatic rings. The number of aryl methyl sites for hydroxylation is 1. The van der Waals surface area contributed by atoms with E-state index in [0.29, 0.717) is 0 Å². The molecule has 5 heteroatoms. The lowest BCUT2D eigenvalue weighted by atomic mass is 10.0. The number of hydrogen-bond acceptors (Lipinski definition) is 3. The first-order chi connectivity index (χ1) is 8.13. The number of nitrogens with zero attached hydrogens (tertiary/aromatic N) is 2. The van der Waals surface area contributed by atoms with Gasteiger partial charge in [0.25, 0.3) is 0 Å². The minimum Gasteiger partial charge on any atom is -0.496 e. The molecule has 1 aromatic heterocycles. The van der Waals surface area contributed by atoms with Crippen LogP contribution in [0.2, 0.25) is 0 Å². The van der Waals surface area contributed by atoms with Gasteiger partial charge in [0.2, 0.25) is 0 Å². The van der Waals surface area contributed by atoms with Crippen molar-refractivity contribution in [3.05, 3.63) is 46.2 Å². The Morgan fingerprint density at radius 2 is 2.18 bits per heavy atom. The van der Waals surface area contributed by atoms with Crippen LogP contribution >= 0.6 is 15.9 Å². The van der Waals surface area contributed by atoms with E-state index >= 15 is 0 Å². The Labute approximate surface area is 109 Å². The van der Waals surface area contributed by atoms with E-state index in [2.05, 4.69) is 21.0 Å². The van der Waals surface area contributed by atoms with Gasteiger partial charge in [0, 0.05) is 13.2 Å². The summed E-state index contributed by atoms with van der Waals surface area (Å²) in [6.45, 7) is 0. The van der Waals surface area contributed by atoms with E-state index in [0.717, 1.165) is 21.5 Å². The number of rotatable bonds is 3. The number of halogens is 1. The van der Waals surface area contributed by atoms with Crippen molar-refractivity contribution in [1.29, 1.82) is 0 Å². The van der Waals surface area contributed by atoms with E-state index in [1.165, 1.54) is 0 Å². The van der Waals surface area contributed by atoms with Gasteiger partial charge in [-0.1, -0.05) is 6.07 Å². The topological polar surface area (TPSA) is 53.1 Å². The average molecular weight is 296 g/mol. The first-order valence-corrected chi connectivity index (χ1v) is 5.99. The fourth-order valence-electron chi connectivity index (χ4n) is 1.74. The fourth-order valence-corrected chi connectivity index (χ4v) is 2.29. The summed E-state index contributed by atoms with van der Waals surface area (Å²) in [7, 11) is 3.52. The number of aromatic nitrogens is 2. The van der Waals surface area contributed by atoms with Crippen molar-refractivity contribution in [1.82, 2.24) is 9.78 Å². The molecule has 0 saturated heterocycles. The predicted octanol–water partition coefficient (Wildman–Crippen LogP) is 2.24. The van der Waals surface area contributed by atoms with Crippen LogP contribution < -0.4 is 10.5 Å². The summed E-state index contributed by atoms with van der Waals surface area (Å²) in [4.78, 5) is 0. The second-order valence-corrected chi connectivity index (χ2v) is 4.61. The Morgan fingerprint density at radius 3 is 2.71 bits per heavy atom. The lowest BCUT2D eigenvalue weighted by molar-refractivity contribution is 0.412. The van der Waals surface area contributed by atoms with Gasteiger partial charge < -0.3 is 10.5 Å². The minimum absolute atomic E-state index is 0.190. The molecule has 0 amide bonds. The molecule has 1 aromatic carbocycles. The van der Waals surface area contributed by atoms with Gasteiger partial charge in [0.05, 0.1) is 23.3 Å². The van der Waals surface area contributed by atoms with Crippen LogP contribution in [0.25, 0.3) is 0 Å². The van der Waals surface area contributed by atoms with Crippen LogP contribution in [0, 0.1) is 0 Å². The van der Waals surface area contributed by atoms with E-state index in [9.17, 15) is 0 Å². The highest BCUT2D eigenvalue weighted by Crippen LogP contribution is 2.29. The van der Waals surface area contributed by atoms with Crippen LogP contribution in [0.5, 0.6) is 5.75 Å². The number of ether oxygens (including phenoxy) is 1. The molecule has 1 heterocycles. The first-order valence-electron chi connectivity index (χ1n) is 5.20. The fraction of sp³-hybridized carbons (Fsp3) is 0.250. The normalized spacial score (nSPS) is 12.5. The minimum atomic E-state index is -0.190. The van der Waals surface area contributed by atoms with Crippen molar-refractivity contribution in [3.63, 3.8) is 0 Å². The van der Waals surface area contributed by atoms with Crippen molar-refractivity contribution >= 4 is 15.9 Å². The van der Waals surface area contributed by atoms with Gasteiger partial charge in [-0.25, -0.2) is 0 Å². The highest BCUT2D eigenvalue weighted by Gasteiger charge is 2.13. The average Bonchev–Trinajstić information content (AvgIpc) is 2.74. The summed E-state index contributed by atoms with van der Waals surface area (Å²) in [6.07, 6.45) is 1.74. The molecule has 0 spiro atoms. The van der Waals surface area contributed by atoms with Crippen molar-refractivity contribution in [3.8, 4) is 5.75 Å². The molecule has 1 unspecified atom stereocenters. The Bertz CT molecular complexity index is 524. The van der Waals surface area contributed by atoms with Gasteiger partial charge in [-0.05, 0) is 39.7 Å². The van der Waals surface area contributed by atoms with Crippen LogP contribution in [-0.2, 0) is 7.05 Å². The number of hydrogen-bond donors (Lipinski definition) is 1. The summed E-state index contributed by atoms with van der Waals surface area (Å²) in [5, 5.41) is 4.12. The highest BCUT2D eigenvalue weighted by atomic mass is 79.9. The molecule has 17 heavy (non-hydrogen) atoms. The maximum atomic E-state index is 6.20. The zero-order valence-electron chi connectivity index (χ0n) is 9.72. The molecule has 0 fully saturated rings. The summed E-state index contributed by atoms with van der Waals surface area (Å²) in [5.74, 6) is 0.797. The van der Waals surface area contributed by atoms with E-state index in [-0.39, 0.29) is 6.04 Å². The Morgan fingerprint density at radius 1 is 1.41 bits per heavy atom. The largest absolute Gasteiger partial charge is 0.496 e. The molecule has 0 aliphatic rings. The third-order valence-electron chi connectivity index (χ3n) is 2.71. The molecule has 0 aliphatic carbocycles. The molecular formula is C12H14BrN3O. The Balaban J connectivity index is 2.35. The third-order valence-corrected chi connectivity index (χ3v) is 3.33. The van der Waals surface area contributed by atoms with Crippen molar-refractivity contribution in [2.24, 2.45) is 12.8 Å². The van der Waals surface area contributed by atoms with E-state index in [1.54, 1.807) is 18.0 Å². The second-order valence-electron chi connectivity index (χ2n) is 3.75. The van der Waals surface area contributed by atoms with Gasteiger partial charge in [-0.2, -0.15) is 5.10 Å². The molecule has 0 bridgehead atoms. The lowest BCUT2D eigenvalue weighted by Gasteiger charge is -2.14. The summed E-state index contributed by atoms with van der Waals surface area (Å²) in [6, 6.07) is 7.56. The van der Waals surface area contributed by atoms with Crippen LogP contribution in [0.4, 0.5) is 0 Å². The Hall–Kier alpha value is -1.33. The monoisotopic (exact) mass is 295 g/mol. The smallest absolute Gasteiger partial charge is 0.133 e. The molecule has 1 atom stereocenters.